The molecule has 0 bridgehead atoms. The number of carbonyl (C=O) groups is 2. The van der Waals surface area contributed by atoms with Crippen LogP contribution >= 0.6 is 28.3 Å². The van der Waals surface area contributed by atoms with Crippen molar-refractivity contribution in [1.29, 1.82) is 0 Å². The van der Waals surface area contributed by atoms with Crippen LogP contribution in [0.25, 0.3) is 21.8 Å². The van der Waals surface area contributed by atoms with Crippen molar-refractivity contribution in [2.75, 3.05) is 63.3 Å². The van der Waals surface area contributed by atoms with Crippen molar-refractivity contribution in [1.82, 2.24) is 19.4 Å². The minimum atomic E-state index is -1.30. The van der Waals surface area contributed by atoms with Gasteiger partial charge in [0.25, 0.3) is 0 Å². The highest BCUT2D eigenvalue weighted by Crippen LogP contribution is 2.47. The van der Waals surface area contributed by atoms with Crippen LogP contribution in [0.4, 0.5) is 20.2 Å². The van der Waals surface area contributed by atoms with Crippen LogP contribution in [0, 0.1) is 23.5 Å². The van der Waals surface area contributed by atoms with Gasteiger partial charge in [0.1, 0.15) is 22.5 Å². The number of methoxy groups -OCH3 is 2. The fourth-order valence-electron chi connectivity index (χ4n) is 11.7. The minimum absolute atomic E-state index is 0. The van der Waals surface area contributed by atoms with E-state index < -0.39 is 34.4 Å². The Morgan fingerprint density at radius 2 is 1.16 bits per heavy atom. The molecule has 3 N–H and O–H groups in total. The number of hydrogen-bond acceptors (Lipinski definition) is 10. The minimum Gasteiger partial charge on any atom is -0.492 e. The first-order chi connectivity index (χ1) is 35.4. The molecule has 2 aliphatic carbocycles. The molecule has 6 aliphatic rings. The van der Waals surface area contributed by atoms with Gasteiger partial charge in [0.15, 0.2) is 23.1 Å². The van der Waals surface area contributed by atoms with Gasteiger partial charge in [-0.2, -0.15) is 0 Å². The van der Waals surface area contributed by atoms with E-state index in [1.54, 1.807) is 4.57 Å². The zero-order chi connectivity index (χ0) is 51.1. The normalized spacial score (nSPS) is 21.1. The number of carboxylic acids is 2. The number of aromatic carboxylic acids is 2. The van der Waals surface area contributed by atoms with Crippen LogP contribution in [0.1, 0.15) is 95.3 Å². The number of nitrogens with one attached hydrogen (secondary N) is 1. The number of piperidine rings is 2. The van der Waals surface area contributed by atoms with Crippen molar-refractivity contribution >= 4 is 73.5 Å². The van der Waals surface area contributed by atoms with Gasteiger partial charge in [-0.15, -0.1) is 12.4 Å². The van der Waals surface area contributed by atoms with Crippen molar-refractivity contribution in [2.45, 2.75) is 87.4 Å². The summed E-state index contributed by atoms with van der Waals surface area (Å²) in [7, 11) is 2.97. The summed E-state index contributed by atoms with van der Waals surface area (Å²) < 4.78 is 46.2. The second-order valence-electron chi connectivity index (χ2n) is 20.2. The molecule has 4 saturated heterocycles. The van der Waals surface area contributed by atoms with E-state index in [0.717, 1.165) is 89.4 Å². The first kappa shape index (κ1) is 52.8. The molecule has 6 fully saturated rings. The van der Waals surface area contributed by atoms with Crippen LogP contribution in [0.5, 0.6) is 11.5 Å². The molecule has 0 spiro atoms. The first-order valence-electron chi connectivity index (χ1n) is 25.4. The standard InChI is InChI=1S/C28H30FN3O4.C21H24FN3O4.C7H7Br.ClH/c1-36-27-24-20(26(33)21(28(34)35)15-32(24)19-9-10-19)12-22(29)25(27)31-14-18-8-5-11-30(23(18)16-31)13-17-6-3-2-4-7-17;1-29-20-17-13(19(26)14(21(27)28)9-25(17)12-4-5-12)7-15(22)18(20)24-8-11-3-2-6-23-16(11)10-24;8-6-7-4-2-1-3-5-7;/h2-4,6-7,12,15,18-19,23H,5,8-11,13-14,16H2,1H3,(H,34,35);7,9,11-12,16,23H,2-6,8,10H2,1H3,(H,27,28);1-5H,6H2;1H/t18-,23+;11-,16+;;/m00../s1. The molecule has 18 heteroatoms. The molecular formula is C56H62BrClF2N6O8. The van der Waals surface area contributed by atoms with Gasteiger partial charge in [0.2, 0.25) is 10.9 Å². The molecule has 4 aliphatic heterocycles. The Morgan fingerprint density at radius 3 is 1.62 bits per heavy atom. The largest absolute Gasteiger partial charge is 0.492 e. The van der Waals surface area contributed by atoms with Crippen LogP contribution in [0.15, 0.2) is 94.8 Å². The number of anilines is 2. The average molecular weight is 1100 g/mol. The number of ether oxygens (including phenoxy) is 2. The van der Waals surface area contributed by atoms with Crippen LogP contribution in [0.2, 0.25) is 0 Å². The zero-order valence-electron chi connectivity index (χ0n) is 41.5. The molecule has 0 unspecified atom stereocenters. The summed E-state index contributed by atoms with van der Waals surface area (Å²) in [5, 5.41) is 23.6. The van der Waals surface area contributed by atoms with Gasteiger partial charge in [-0.1, -0.05) is 76.6 Å². The highest BCUT2D eigenvalue weighted by molar-refractivity contribution is 9.08. The summed E-state index contributed by atoms with van der Waals surface area (Å²) in [5.41, 5.74) is 2.28. The second kappa shape index (κ2) is 22.5. The third-order valence-corrected chi connectivity index (χ3v) is 16.1. The third kappa shape index (κ3) is 10.5. The van der Waals surface area contributed by atoms with Crippen LogP contribution in [-0.4, -0.2) is 102 Å². The number of alkyl halides is 1. The van der Waals surface area contributed by atoms with E-state index in [1.807, 2.05) is 33.7 Å². The Balaban J connectivity index is 0.000000159. The predicted octanol–water partition coefficient (Wildman–Crippen LogP) is 9.66. The number of likely N-dealkylation sites (tertiary alicyclic amines) is 1. The van der Waals surface area contributed by atoms with E-state index in [0.29, 0.717) is 70.9 Å². The van der Waals surface area contributed by atoms with Crippen molar-refractivity contribution in [3.63, 3.8) is 0 Å². The number of hydrogen-bond donors (Lipinski definition) is 3. The molecule has 2 saturated carbocycles. The number of halogens is 4. The molecule has 14 nitrogen and oxygen atoms in total. The summed E-state index contributed by atoms with van der Waals surface area (Å²) >= 11 is 3.36. The third-order valence-electron chi connectivity index (χ3n) is 15.5. The van der Waals surface area contributed by atoms with Crippen LogP contribution in [-0.2, 0) is 11.9 Å². The Morgan fingerprint density at radius 1 is 0.676 bits per heavy atom. The number of rotatable bonds is 11. The van der Waals surface area contributed by atoms with Gasteiger partial charge in [0.05, 0.1) is 36.0 Å². The number of aromatic nitrogens is 2. The zero-order valence-corrected chi connectivity index (χ0v) is 43.9. The maximum Gasteiger partial charge on any atom is 0.341 e. The molecule has 4 atom stereocenters. The Hall–Kier alpha value is -6.01. The predicted molar refractivity (Wildman–Crippen MR) is 289 cm³/mol. The lowest BCUT2D eigenvalue weighted by molar-refractivity contribution is 0.0684. The van der Waals surface area contributed by atoms with Gasteiger partial charge in [-0.25, -0.2) is 18.4 Å². The van der Waals surface area contributed by atoms with Crippen molar-refractivity contribution in [3.05, 3.63) is 140 Å². The number of fused-ring (bicyclic) bond motifs is 4. The quantitative estimate of drug-likeness (QED) is 0.106. The van der Waals surface area contributed by atoms with Gasteiger partial charge >= 0.3 is 11.9 Å². The topological polar surface area (TPSA) is 159 Å². The first-order valence-corrected chi connectivity index (χ1v) is 26.5. The van der Waals surface area contributed by atoms with E-state index >= 15 is 8.78 Å². The summed E-state index contributed by atoms with van der Waals surface area (Å²) in [6, 6.07) is 23.9. The molecule has 0 radical (unpaired) electrons. The number of nitrogens with zero attached hydrogens (tertiary/aromatic N) is 5. The van der Waals surface area contributed by atoms with Crippen LogP contribution < -0.4 is 35.4 Å². The molecule has 6 heterocycles. The smallest absolute Gasteiger partial charge is 0.341 e. The molecule has 74 heavy (non-hydrogen) atoms. The van der Waals surface area contributed by atoms with Gasteiger partial charge in [-0.3, -0.25) is 14.5 Å². The van der Waals surface area contributed by atoms with E-state index in [1.165, 1.54) is 49.9 Å². The Kier molecular flexibility index (Phi) is 16.0. The molecule has 0 amide bonds. The summed E-state index contributed by atoms with van der Waals surface area (Å²) in [4.78, 5) is 55.7. The Labute approximate surface area is 442 Å². The van der Waals surface area contributed by atoms with Gasteiger partial charge in [0, 0.05) is 74.6 Å². The van der Waals surface area contributed by atoms with Gasteiger partial charge in [-0.05, 0) is 99.6 Å². The maximum atomic E-state index is 15.8. The second-order valence-corrected chi connectivity index (χ2v) is 20.8. The lowest BCUT2D eigenvalue weighted by Crippen LogP contribution is -2.44. The molecule has 392 valence electrons. The number of pyridine rings is 2. The van der Waals surface area contributed by atoms with E-state index in [9.17, 15) is 29.4 Å². The molecular weight excluding hydrogens is 1040 g/mol. The summed E-state index contributed by atoms with van der Waals surface area (Å²) in [6.07, 6.45) is 10.8. The Bertz CT molecular complexity index is 3160. The highest BCUT2D eigenvalue weighted by Gasteiger charge is 2.42. The fraction of sp³-hybridized carbons (Fsp3) is 0.429. The number of benzene rings is 4. The van der Waals surface area contributed by atoms with Crippen LogP contribution in [0.3, 0.4) is 0 Å². The summed E-state index contributed by atoms with van der Waals surface area (Å²) in [5.74, 6) is -2.18. The SMILES string of the molecule is BrCc1ccccc1.COc1c(N2C[C@@H]3CCCN(Cc4ccccc4)[C@@H]3C2)c(F)cc2c(=O)c(C(=O)O)cn(C3CC3)c12.COc1c(N2C[C@@H]3CCCN[C@@H]3C2)c(F)cc2c(=O)c(C(=O)O)cn(C3CC3)c12.Cl. The molecule has 4 aromatic carbocycles. The lowest BCUT2D eigenvalue weighted by Gasteiger charge is -2.36. The van der Waals surface area contributed by atoms with Crippen molar-refractivity contribution in [3.8, 4) is 11.5 Å². The van der Waals surface area contributed by atoms with E-state index in [2.05, 4.69) is 67.4 Å². The van der Waals surface area contributed by atoms with Crippen molar-refractivity contribution < 1.29 is 38.1 Å². The number of carboxylic acid groups (broad SMARTS) is 2. The van der Waals surface area contributed by atoms with Crippen molar-refractivity contribution in [2.24, 2.45) is 11.8 Å². The van der Waals surface area contributed by atoms with E-state index in [4.69, 9.17) is 9.47 Å². The highest BCUT2D eigenvalue weighted by atomic mass is 79.9. The molecule has 6 aromatic rings. The molecule has 12 rings (SSSR count). The van der Waals surface area contributed by atoms with Gasteiger partial charge < -0.3 is 43.9 Å². The fourth-order valence-corrected chi connectivity index (χ4v) is 12.1. The monoisotopic (exact) mass is 1100 g/mol. The lowest BCUT2D eigenvalue weighted by atomic mass is 9.91. The molecule has 2 aromatic heterocycles. The average Bonchev–Trinajstić information content (AvgIpc) is 4.34. The van der Waals surface area contributed by atoms with E-state index in [-0.39, 0.29) is 46.4 Å². The maximum absolute atomic E-state index is 15.8. The summed E-state index contributed by atoms with van der Waals surface area (Å²) in [6.45, 7) is 5.67.